The van der Waals surface area contributed by atoms with Crippen LogP contribution in [0.15, 0.2) is 39.3 Å². The fraction of sp³-hybridized carbons (Fsp3) is 0.143. The summed E-state index contributed by atoms with van der Waals surface area (Å²) in [7, 11) is 0. The Morgan fingerprint density at radius 2 is 2.12 bits per heavy atom. The van der Waals surface area contributed by atoms with Crippen LogP contribution in [0.5, 0.6) is 11.5 Å². The van der Waals surface area contributed by atoms with Gasteiger partial charge in [-0.3, -0.25) is 10.1 Å². The molecule has 3 heterocycles. The molecule has 0 spiro atoms. The van der Waals surface area contributed by atoms with Crippen LogP contribution in [0.3, 0.4) is 0 Å². The van der Waals surface area contributed by atoms with Crippen molar-refractivity contribution in [2.75, 3.05) is 6.79 Å². The molecule has 0 saturated carbocycles. The lowest BCUT2D eigenvalue weighted by molar-refractivity contribution is -0.380. The summed E-state index contributed by atoms with van der Waals surface area (Å²) in [5.74, 6) is 2.23. The summed E-state index contributed by atoms with van der Waals surface area (Å²) in [6, 6.07) is 6.94. The molecule has 1 aliphatic rings. The van der Waals surface area contributed by atoms with Crippen molar-refractivity contribution in [2.24, 2.45) is 0 Å². The van der Waals surface area contributed by atoms with Crippen molar-refractivity contribution >= 4 is 28.1 Å². The van der Waals surface area contributed by atoms with Gasteiger partial charge < -0.3 is 13.9 Å². The molecule has 2 aromatic heterocycles. The number of benzene rings is 1. The number of thiophene rings is 1. The summed E-state index contributed by atoms with van der Waals surface area (Å²) in [5.41, 5.74) is 1.59. The maximum atomic E-state index is 10.7. The van der Waals surface area contributed by atoms with E-state index >= 15 is 0 Å². The molecule has 4 rings (SSSR count). The molecule has 1 aromatic carbocycles. The molecule has 1 aliphatic heterocycles. The largest absolute Gasteiger partial charge is 0.454 e. The van der Waals surface area contributed by atoms with Crippen LogP contribution in [-0.2, 0) is 5.75 Å². The number of nitrogens with zero attached hydrogens (tertiary/aromatic N) is 3. The number of hydrogen-bond acceptors (Lipinski definition) is 9. The van der Waals surface area contributed by atoms with E-state index in [1.165, 1.54) is 11.8 Å². The maximum Gasteiger partial charge on any atom is 0.324 e. The van der Waals surface area contributed by atoms with Crippen molar-refractivity contribution in [3.05, 3.63) is 45.3 Å². The van der Waals surface area contributed by atoms with Crippen LogP contribution in [-0.4, -0.2) is 21.9 Å². The minimum atomic E-state index is -0.400. The zero-order valence-electron chi connectivity index (χ0n) is 12.0. The molecule has 0 bridgehead atoms. The van der Waals surface area contributed by atoms with Crippen molar-refractivity contribution in [1.82, 2.24) is 10.2 Å². The second-order valence-corrected chi connectivity index (χ2v) is 6.60. The molecule has 0 aliphatic carbocycles. The van der Waals surface area contributed by atoms with Crippen LogP contribution >= 0.6 is 23.1 Å². The molecule has 0 radical (unpaired) electrons. The van der Waals surface area contributed by atoms with Crippen molar-refractivity contribution in [2.45, 2.75) is 11.0 Å². The topological polar surface area (TPSA) is 101 Å². The van der Waals surface area contributed by atoms with Gasteiger partial charge in [0.2, 0.25) is 12.7 Å². The molecule has 0 atom stereocenters. The van der Waals surface area contributed by atoms with E-state index in [0.717, 1.165) is 22.5 Å². The lowest BCUT2D eigenvalue weighted by Gasteiger charge is -1.98. The molecular formula is C14H9N3O5S2. The van der Waals surface area contributed by atoms with Crippen LogP contribution in [0, 0.1) is 10.1 Å². The molecule has 10 heteroatoms. The van der Waals surface area contributed by atoms with Crippen molar-refractivity contribution in [1.29, 1.82) is 0 Å². The molecule has 0 saturated heterocycles. The minimum absolute atomic E-state index is 0.122. The summed E-state index contributed by atoms with van der Waals surface area (Å²) in [6.07, 6.45) is 0. The molecular weight excluding hydrogens is 354 g/mol. The molecule has 3 aromatic rings. The number of hydrogen-bond donors (Lipinski definition) is 0. The molecule has 0 amide bonds. The van der Waals surface area contributed by atoms with Gasteiger partial charge in [0.25, 0.3) is 5.22 Å². The van der Waals surface area contributed by atoms with Gasteiger partial charge >= 0.3 is 5.00 Å². The van der Waals surface area contributed by atoms with Gasteiger partial charge in [-0.1, -0.05) is 23.1 Å². The van der Waals surface area contributed by atoms with E-state index in [2.05, 4.69) is 10.2 Å². The highest BCUT2D eigenvalue weighted by Gasteiger charge is 2.17. The van der Waals surface area contributed by atoms with Crippen molar-refractivity contribution < 1.29 is 18.8 Å². The SMILES string of the molecule is O=[N+]([O-])c1cc(CSc2nnc(-c3ccc4c(c3)OCO4)o2)cs1. The molecule has 0 unspecified atom stereocenters. The van der Waals surface area contributed by atoms with E-state index in [1.54, 1.807) is 23.6 Å². The third kappa shape index (κ3) is 2.93. The van der Waals surface area contributed by atoms with E-state index in [1.807, 2.05) is 6.07 Å². The third-order valence-corrected chi connectivity index (χ3v) is 5.03. The summed E-state index contributed by atoms with van der Waals surface area (Å²) in [5, 5.41) is 21.0. The van der Waals surface area contributed by atoms with Crippen LogP contribution in [0.25, 0.3) is 11.5 Å². The second kappa shape index (κ2) is 6.13. The van der Waals surface area contributed by atoms with E-state index < -0.39 is 4.92 Å². The van der Waals surface area contributed by atoms with Gasteiger partial charge in [0.05, 0.1) is 4.92 Å². The Kier molecular flexibility index (Phi) is 3.82. The Hall–Kier alpha value is -2.59. The molecule has 8 nitrogen and oxygen atoms in total. The summed E-state index contributed by atoms with van der Waals surface area (Å²) >= 11 is 2.43. The highest BCUT2D eigenvalue weighted by molar-refractivity contribution is 7.98. The first-order valence-electron chi connectivity index (χ1n) is 6.77. The van der Waals surface area contributed by atoms with Gasteiger partial charge in [0.1, 0.15) is 0 Å². The highest BCUT2D eigenvalue weighted by atomic mass is 32.2. The number of thioether (sulfide) groups is 1. The van der Waals surface area contributed by atoms with Gasteiger partial charge in [0, 0.05) is 22.8 Å². The predicted octanol–water partition coefficient (Wildman–Crippen LogP) is 3.73. The fourth-order valence-electron chi connectivity index (χ4n) is 2.09. The Morgan fingerprint density at radius 1 is 1.25 bits per heavy atom. The van der Waals surface area contributed by atoms with E-state index in [-0.39, 0.29) is 11.8 Å². The first-order chi connectivity index (χ1) is 11.7. The van der Waals surface area contributed by atoms with E-state index in [0.29, 0.717) is 28.4 Å². The van der Waals surface area contributed by atoms with Crippen LogP contribution in [0.2, 0.25) is 0 Å². The van der Waals surface area contributed by atoms with Gasteiger partial charge in [0.15, 0.2) is 11.5 Å². The van der Waals surface area contributed by atoms with Gasteiger partial charge in [-0.15, -0.1) is 10.2 Å². The first-order valence-corrected chi connectivity index (χ1v) is 8.64. The van der Waals surface area contributed by atoms with Crippen LogP contribution in [0.4, 0.5) is 5.00 Å². The first kappa shape index (κ1) is 15.0. The van der Waals surface area contributed by atoms with Crippen LogP contribution < -0.4 is 9.47 Å². The number of ether oxygens (including phenoxy) is 2. The summed E-state index contributed by atoms with van der Waals surface area (Å²) in [4.78, 5) is 10.3. The van der Waals surface area contributed by atoms with Gasteiger partial charge in [-0.2, -0.15) is 0 Å². The lowest BCUT2D eigenvalue weighted by atomic mass is 10.2. The van der Waals surface area contributed by atoms with E-state index in [4.69, 9.17) is 13.9 Å². The Morgan fingerprint density at radius 3 is 2.96 bits per heavy atom. The number of rotatable bonds is 5. The van der Waals surface area contributed by atoms with E-state index in [9.17, 15) is 10.1 Å². The molecule has 122 valence electrons. The molecule has 24 heavy (non-hydrogen) atoms. The number of aromatic nitrogens is 2. The average Bonchev–Trinajstić information content (AvgIpc) is 3.31. The Bertz CT molecular complexity index is 907. The smallest absolute Gasteiger partial charge is 0.324 e. The van der Waals surface area contributed by atoms with Crippen molar-refractivity contribution in [3.63, 3.8) is 0 Å². The van der Waals surface area contributed by atoms with Gasteiger partial charge in [-0.25, -0.2) is 0 Å². The maximum absolute atomic E-state index is 10.7. The zero-order chi connectivity index (χ0) is 16.5. The Labute approximate surface area is 143 Å². The highest BCUT2D eigenvalue weighted by Crippen LogP contribution is 2.36. The molecule has 0 N–H and O–H groups in total. The average molecular weight is 363 g/mol. The molecule has 0 fully saturated rings. The monoisotopic (exact) mass is 363 g/mol. The normalized spacial score (nSPS) is 12.5. The zero-order valence-corrected chi connectivity index (χ0v) is 13.6. The predicted molar refractivity (Wildman–Crippen MR) is 86.4 cm³/mol. The van der Waals surface area contributed by atoms with Crippen LogP contribution in [0.1, 0.15) is 5.56 Å². The summed E-state index contributed by atoms with van der Waals surface area (Å²) < 4.78 is 16.2. The fourth-order valence-corrected chi connectivity index (χ4v) is 3.62. The number of nitro groups is 1. The second-order valence-electron chi connectivity index (χ2n) is 4.78. The Balaban J connectivity index is 1.45. The quantitative estimate of drug-likeness (QED) is 0.384. The standard InChI is InChI=1S/C14H9N3O5S2/c18-17(19)12-3-8(5-23-12)6-24-14-16-15-13(22-14)9-1-2-10-11(4-9)21-7-20-10/h1-5H,6-7H2. The summed E-state index contributed by atoms with van der Waals surface area (Å²) in [6.45, 7) is 0.205. The lowest BCUT2D eigenvalue weighted by Crippen LogP contribution is -1.92. The third-order valence-electron chi connectivity index (χ3n) is 3.21. The van der Waals surface area contributed by atoms with Gasteiger partial charge in [-0.05, 0) is 23.8 Å². The number of fused-ring (bicyclic) bond motifs is 1. The van der Waals surface area contributed by atoms with Crippen molar-refractivity contribution in [3.8, 4) is 23.0 Å². The minimum Gasteiger partial charge on any atom is -0.454 e.